The summed E-state index contributed by atoms with van der Waals surface area (Å²) in [7, 11) is 3.25. The van der Waals surface area contributed by atoms with Crippen molar-refractivity contribution in [2.45, 2.75) is 12.5 Å². The summed E-state index contributed by atoms with van der Waals surface area (Å²) in [6.45, 7) is 0.368. The van der Waals surface area contributed by atoms with Crippen molar-refractivity contribution >= 4 is 17.5 Å². The zero-order valence-electron chi connectivity index (χ0n) is 16.0. The van der Waals surface area contributed by atoms with Gasteiger partial charge < -0.3 is 23.9 Å². The van der Waals surface area contributed by atoms with E-state index in [1.807, 2.05) is 30.3 Å². The van der Waals surface area contributed by atoms with Crippen LogP contribution < -0.4 is 19.5 Å². The van der Waals surface area contributed by atoms with Crippen LogP contribution in [0.15, 0.2) is 53.3 Å². The molecule has 0 saturated carbocycles. The zero-order valence-corrected chi connectivity index (χ0v) is 16.8. The Morgan fingerprint density at radius 2 is 2.07 bits per heavy atom. The lowest BCUT2D eigenvalue weighted by Crippen LogP contribution is -2.34. The fourth-order valence-corrected chi connectivity index (χ4v) is 3.68. The molecule has 2 heterocycles. The molecule has 0 saturated heterocycles. The van der Waals surface area contributed by atoms with E-state index in [1.165, 1.54) is 12.5 Å². The van der Waals surface area contributed by atoms with Crippen LogP contribution in [0.5, 0.6) is 17.2 Å². The van der Waals surface area contributed by atoms with Gasteiger partial charge in [-0.1, -0.05) is 11.6 Å². The quantitative estimate of drug-likeness (QED) is 0.650. The van der Waals surface area contributed by atoms with E-state index in [1.54, 1.807) is 20.3 Å². The molecule has 1 aromatic heterocycles. The van der Waals surface area contributed by atoms with Crippen LogP contribution in [0.25, 0.3) is 11.1 Å². The number of nitrogens with one attached hydrogen (secondary N) is 1. The lowest BCUT2D eigenvalue weighted by molar-refractivity contribution is 0.0933. The van der Waals surface area contributed by atoms with E-state index in [0.717, 1.165) is 28.2 Å². The molecule has 1 N–H and O–H groups in total. The minimum absolute atomic E-state index is 0.194. The van der Waals surface area contributed by atoms with Gasteiger partial charge in [-0.25, -0.2) is 0 Å². The molecular formula is C22H20ClNO5. The van der Waals surface area contributed by atoms with Gasteiger partial charge in [0.1, 0.15) is 29.6 Å². The second kappa shape index (κ2) is 8.09. The van der Waals surface area contributed by atoms with Gasteiger partial charge in [0.15, 0.2) is 0 Å². The van der Waals surface area contributed by atoms with Crippen molar-refractivity contribution < 1.29 is 23.4 Å². The number of hydrogen-bond donors (Lipinski definition) is 1. The van der Waals surface area contributed by atoms with E-state index < -0.39 is 0 Å². The second-order valence-corrected chi connectivity index (χ2v) is 7.09. The average molecular weight is 414 g/mol. The molecule has 0 aliphatic carbocycles. The summed E-state index contributed by atoms with van der Waals surface area (Å²) in [5.41, 5.74) is 3.26. The van der Waals surface area contributed by atoms with E-state index in [4.69, 9.17) is 30.2 Å². The second-order valence-electron chi connectivity index (χ2n) is 6.68. The van der Waals surface area contributed by atoms with Crippen LogP contribution in [0.2, 0.25) is 5.02 Å². The normalized spacial score (nSPS) is 14.8. The first kappa shape index (κ1) is 19.2. The summed E-state index contributed by atoms with van der Waals surface area (Å²) in [4.78, 5) is 12.1. The Balaban J connectivity index is 1.54. The summed E-state index contributed by atoms with van der Waals surface area (Å²) in [5.74, 6) is 1.91. The molecule has 0 fully saturated rings. The van der Waals surface area contributed by atoms with Crippen molar-refractivity contribution in [3.05, 3.63) is 65.1 Å². The van der Waals surface area contributed by atoms with Gasteiger partial charge in [-0.15, -0.1) is 0 Å². The number of rotatable bonds is 6. The summed E-state index contributed by atoms with van der Waals surface area (Å²) in [6.07, 6.45) is 3.32. The Kier molecular flexibility index (Phi) is 5.36. The number of ether oxygens (including phenoxy) is 3. The Morgan fingerprint density at radius 3 is 2.79 bits per heavy atom. The molecule has 29 heavy (non-hydrogen) atoms. The Morgan fingerprint density at radius 1 is 1.21 bits per heavy atom. The molecule has 0 unspecified atom stereocenters. The van der Waals surface area contributed by atoms with Crippen LogP contribution in [-0.4, -0.2) is 32.8 Å². The topological polar surface area (TPSA) is 69.9 Å². The Hall–Kier alpha value is -3.12. The van der Waals surface area contributed by atoms with E-state index >= 15 is 0 Å². The van der Waals surface area contributed by atoms with Gasteiger partial charge in [0.2, 0.25) is 0 Å². The number of carbonyl (C=O) groups is 1. The zero-order chi connectivity index (χ0) is 20.4. The Labute approximate surface area is 173 Å². The number of furan rings is 1. The first-order chi connectivity index (χ1) is 14.1. The van der Waals surface area contributed by atoms with Crippen molar-refractivity contribution in [2.75, 3.05) is 20.8 Å². The predicted molar refractivity (Wildman–Crippen MR) is 109 cm³/mol. The molecule has 0 radical (unpaired) electrons. The van der Waals surface area contributed by atoms with Crippen LogP contribution >= 0.6 is 11.6 Å². The fraction of sp³-hybridized carbons (Fsp3) is 0.227. The maximum Gasteiger partial charge on any atom is 0.254 e. The molecule has 2 aromatic carbocycles. The van der Waals surface area contributed by atoms with Gasteiger partial charge in [0.05, 0.1) is 37.6 Å². The SMILES string of the molecule is COc1ccc(OC)c(-c2cc(Cl)c3c(c2)C[C@H](CNC(=O)c2ccoc2)O3)c1. The summed E-state index contributed by atoms with van der Waals surface area (Å²) >= 11 is 6.51. The maximum atomic E-state index is 12.1. The molecule has 3 aromatic rings. The van der Waals surface area contributed by atoms with Gasteiger partial charge in [0.25, 0.3) is 5.91 Å². The van der Waals surface area contributed by atoms with Crippen molar-refractivity contribution in [3.63, 3.8) is 0 Å². The van der Waals surface area contributed by atoms with Gasteiger partial charge >= 0.3 is 0 Å². The van der Waals surface area contributed by atoms with Crippen LogP contribution in [-0.2, 0) is 6.42 Å². The smallest absolute Gasteiger partial charge is 0.254 e. The first-order valence-electron chi connectivity index (χ1n) is 9.11. The standard InChI is InChI=1S/C22H20ClNO5/c1-26-16-3-4-20(27-2)18(10-16)14-7-15-8-17(29-21(15)19(23)9-14)11-24-22(25)13-5-6-28-12-13/h3-7,9-10,12,17H,8,11H2,1-2H3,(H,24,25)/t17-/m1/s1. The highest BCUT2D eigenvalue weighted by Gasteiger charge is 2.27. The molecule has 1 atom stereocenters. The van der Waals surface area contributed by atoms with Crippen LogP contribution in [0.4, 0.5) is 0 Å². The van der Waals surface area contributed by atoms with E-state index in [0.29, 0.717) is 29.3 Å². The molecule has 0 spiro atoms. The molecule has 1 amide bonds. The minimum Gasteiger partial charge on any atom is -0.497 e. The molecule has 150 valence electrons. The lowest BCUT2D eigenvalue weighted by atomic mass is 9.99. The van der Waals surface area contributed by atoms with E-state index in [2.05, 4.69) is 5.32 Å². The van der Waals surface area contributed by atoms with Crippen LogP contribution in [0.3, 0.4) is 0 Å². The van der Waals surface area contributed by atoms with Crippen molar-refractivity contribution in [1.82, 2.24) is 5.32 Å². The molecule has 0 bridgehead atoms. The molecule has 1 aliphatic heterocycles. The third kappa shape index (κ3) is 3.89. The number of amides is 1. The van der Waals surface area contributed by atoms with Crippen LogP contribution in [0, 0.1) is 0 Å². The number of halogens is 1. The lowest BCUT2D eigenvalue weighted by Gasteiger charge is -2.13. The van der Waals surface area contributed by atoms with Gasteiger partial charge in [-0.05, 0) is 42.0 Å². The highest BCUT2D eigenvalue weighted by atomic mass is 35.5. The fourth-order valence-electron chi connectivity index (χ4n) is 3.40. The van der Waals surface area contributed by atoms with Crippen molar-refractivity contribution in [1.29, 1.82) is 0 Å². The third-order valence-corrected chi connectivity index (χ3v) is 5.12. The molecule has 1 aliphatic rings. The third-order valence-electron chi connectivity index (χ3n) is 4.84. The molecule has 7 heteroatoms. The van der Waals surface area contributed by atoms with E-state index in [-0.39, 0.29) is 12.0 Å². The number of methoxy groups -OCH3 is 2. The number of fused-ring (bicyclic) bond motifs is 1. The highest BCUT2D eigenvalue weighted by Crippen LogP contribution is 2.42. The van der Waals surface area contributed by atoms with Crippen LogP contribution in [0.1, 0.15) is 15.9 Å². The predicted octanol–water partition coefficient (Wildman–Crippen LogP) is 4.35. The van der Waals surface area contributed by atoms with Crippen molar-refractivity contribution in [2.24, 2.45) is 0 Å². The molecule has 4 rings (SSSR count). The number of hydrogen-bond acceptors (Lipinski definition) is 5. The van der Waals surface area contributed by atoms with Gasteiger partial charge in [-0.2, -0.15) is 0 Å². The van der Waals surface area contributed by atoms with Gasteiger partial charge in [-0.3, -0.25) is 4.79 Å². The Bertz CT molecular complexity index is 1030. The summed E-state index contributed by atoms with van der Waals surface area (Å²) in [6, 6.07) is 11.1. The minimum atomic E-state index is -0.203. The maximum absolute atomic E-state index is 12.1. The molecule has 6 nitrogen and oxygen atoms in total. The number of carbonyl (C=O) groups excluding carboxylic acids is 1. The highest BCUT2D eigenvalue weighted by molar-refractivity contribution is 6.32. The number of benzene rings is 2. The van der Waals surface area contributed by atoms with Gasteiger partial charge in [0, 0.05) is 17.5 Å². The first-order valence-corrected chi connectivity index (χ1v) is 9.48. The summed E-state index contributed by atoms with van der Waals surface area (Å²) in [5, 5.41) is 3.38. The van der Waals surface area contributed by atoms with E-state index in [9.17, 15) is 4.79 Å². The van der Waals surface area contributed by atoms with Crippen molar-refractivity contribution in [3.8, 4) is 28.4 Å². The average Bonchev–Trinajstić information content (AvgIpc) is 3.41. The molecular weight excluding hydrogens is 394 g/mol. The largest absolute Gasteiger partial charge is 0.497 e. The monoisotopic (exact) mass is 413 g/mol. The summed E-state index contributed by atoms with van der Waals surface area (Å²) < 4.78 is 21.7.